The van der Waals surface area contributed by atoms with Gasteiger partial charge in [-0.3, -0.25) is 4.57 Å². The van der Waals surface area contributed by atoms with Crippen molar-refractivity contribution in [2.24, 2.45) is 10.9 Å². The molecule has 4 rings (SSSR count). The number of hydrogen-bond acceptors (Lipinski definition) is 7. The standard InChI is InChI=1S/C14H14N4O.C9H19O3P/c1-14(2)11(9-6-4-3-5-7-9)18-10-12(15)16-8-17-13(10)19-14;1-3-13(10,11)12-9-6-4-8(2)5-7-9/h3-8H,1-2H3,(H2,15,16,17);8-9H,3-7H2,1-2H3,(H,10,11). The van der Waals surface area contributed by atoms with Crippen molar-refractivity contribution in [3.05, 3.63) is 42.2 Å². The lowest BCUT2D eigenvalue weighted by molar-refractivity contribution is 0.119. The molecule has 0 amide bonds. The number of nitrogens with two attached hydrogens (primary N) is 1. The van der Waals surface area contributed by atoms with Crippen LogP contribution in [0.3, 0.4) is 0 Å². The third kappa shape index (κ3) is 6.15. The predicted molar refractivity (Wildman–Crippen MR) is 127 cm³/mol. The van der Waals surface area contributed by atoms with Gasteiger partial charge in [-0.1, -0.05) is 44.2 Å². The minimum Gasteiger partial charge on any atom is -0.463 e. The van der Waals surface area contributed by atoms with Crippen molar-refractivity contribution >= 4 is 24.8 Å². The first-order valence-electron chi connectivity index (χ1n) is 11.1. The first-order chi connectivity index (χ1) is 15.1. The summed E-state index contributed by atoms with van der Waals surface area (Å²) >= 11 is 0. The third-order valence-corrected chi connectivity index (χ3v) is 7.11. The molecular formula is C23H33N4O4P. The van der Waals surface area contributed by atoms with Gasteiger partial charge >= 0.3 is 7.60 Å². The number of nitrogens with zero attached hydrogens (tertiary/aromatic N) is 3. The van der Waals surface area contributed by atoms with Gasteiger partial charge in [-0.25, -0.2) is 9.98 Å². The molecule has 1 fully saturated rings. The Bertz CT molecular complexity index is 989. The highest BCUT2D eigenvalue weighted by Crippen LogP contribution is 2.45. The molecule has 0 radical (unpaired) electrons. The van der Waals surface area contributed by atoms with Crippen molar-refractivity contribution in [1.82, 2.24) is 9.97 Å². The molecule has 0 spiro atoms. The molecule has 2 aromatic rings. The highest BCUT2D eigenvalue weighted by Gasteiger charge is 2.35. The van der Waals surface area contributed by atoms with E-state index in [1.165, 1.54) is 6.33 Å². The summed E-state index contributed by atoms with van der Waals surface area (Å²) in [7, 11) is -3.26. The van der Waals surface area contributed by atoms with Crippen LogP contribution in [0.5, 0.6) is 5.88 Å². The second-order valence-corrected chi connectivity index (χ2v) is 10.9. The van der Waals surface area contributed by atoms with Crippen LogP contribution in [-0.2, 0) is 9.09 Å². The van der Waals surface area contributed by atoms with E-state index in [0.29, 0.717) is 17.4 Å². The monoisotopic (exact) mass is 460 g/mol. The number of anilines is 1. The van der Waals surface area contributed by atoms with E-state index in [1.54, 1.807) is 6.92 Å². The fraction of sp³-hybridized carbons (Fsp3) is 0.522. The molecule has 1 aliphatic carbocycles. The Balaban J connectivity index is 0.000000195. The van der Waals surface area contributed by atoms with Gasteiger partial charge in [-0.05, 0) is 45.4 Å². The maximum atomic E-state index is 11.3. The molecule has 0 bridgehead atoms. The number of aliphatic imine (C=N–C) groups is 1. The first-order valence-corrected chi connectivity index (χ1v) is 12.8. The van der Waals surface area contributed by atoms with Gasteiger partial charge in [0.05, 0.1) is 11.8 Å². The normalized spacial score (nSPS) is 23.5. The van der Waals surface area contributed by atoms with Crippen molar-refractivity contribution in [1.29, 1.82) is 0 Å². The second-order valence-electron chi connectivity index (χ2n) is 8.79. The van der Waals surface area contributed by atoms with E-state index in [-0.39, 0.29) is 12.3 Å². The van der Waals surface area contributed by atoms with Crippen LogP contribution in [0.2, 0.25) is 0 Å². The van der Waals surface area contributed by atoms with Crippen molar-refractivity contribution in [3.8, 4) is 5.88 Å². The quantitative estimate of drug-likeness (QED) is 0.606. The van der Waals surface area contributed by atoms with Crippen molar-refractivity contribution < 1.29 is 18.7 Å². The van der Waals surface area contributed by atoms with E-state index in [1.807, 2.05) is 44.2 Å². The third-order valence-electron chi connectivity index (χ3n) is 5.69. The molecule has 2 heterocycles. The zero-order valence-corrected chi connectivity index (χ0v) is 20.1. The number of rotatable bonds is 4. The largest absolute Gasteiger partial charge is 0.463 e. The maximum absolute atomic E-state index is 11.3. The molecule has 1 aromatic heterocycles. The Morgan fingerprint density at radius 2 is 1.84 bits per heavy atom. The predicted octanol–water partition coefficient (Wildman–Crippen LogP) is 5.14. The number of fused-ring (bicyclic) bond motifs is 1. The Kier molecular flexibility index (Phi) is 7.70. The molecular weight excluding hydrogens is 427 g/mol. The molecule has 3 N–H and O–H groups in total. The minimum atomic E-state index is -3.26. The average Bonchev–Trinajstić information content (AvgIpc) is 2.75. The van der Waals surface area contributed by atoms with Crippen LogP contribution < -0.4 is 10.5 Å². The second kappa shape index (κ2) is 10.1. The fourth-order valence-electron chi connectivity index (χ4n) is 3.74. The smallest absolute Gasteiger partial charge is 0.328 e. The summed E-state index contributed by atoms with van der Waals surface area (Å²) in [6, 6.07) is 9.89. The van der Waals surface area contributed by atoms with Gasteiger partial charge in [0.25, 0.3) is 0 Å². The molecule has 2 aliphatic rings. The molecule has 8 nitrogen and oxygen atoms in total. The maximum Gasteiger partial charge on any atom is 0.328 e. The van der Waals surface area contributed by atoms with Gasteiger partial charge in [0.2, 0.25) is 5.88 Å². The molecule has 9 heteroatoms. The lowest BCUT2D eigenvalue weighted by Gasteiger charge is -2.32. The Hall–Kier alpha value is -2.28. The summed E-state index contributed by atoms with van der Waals surface area (Å²) in [6.45, 7) is 7.82. The molecule has 32 heavy (non-hydrogen) atoms. The number of hydrogen-bond donors (Lipinski definition) is 2. The topological polar surface area (TPSA) is 120 Å². The number of ether oxygens (including phenoxy) is 1. The van der Waals surface area contributed by atoms with Crippen LogP contribution in [0.15, 0.2) is 41.7 Å². The Morgan fingerprint density at radius 1 is 1.19 bits per heavy atom. The van der Waals surface area contributed by atoms with Crippen LogP contribution in [0.25, 0.3) is 0 Å². The van der Waals surface area contributed by atoms with Crippen LogP contribution in [0.4, 0.5) is 11.5 Å². The molecule has 1 saturated carbocycles. The summed E-state index contributed by atoms with van der Waals surface area (Å²) in [5.74, 6) is 1.51. The lowest BCUT2D eigenvalue weighted by Crippen LogP contribution is -2.41. The van der Waals surface area contributed by atoms with Crippen LogP contribution in [0, 0.1) is 5.92 Å². The number of benzene rings is 1. The molecule has 1 aliphatic heterocycles. The highest BCUT2D eigenvalue weighted by molar-refractivity contribution is 7.52. The summed E-state index contributed by atoms with van der Waals surface area (Å²) in [4.78, 5) is 21.9. The summed E-state index contributed by atoms with van der Waals surface area (Å²) < 4.78 is 22.4. The fourth-order valence-corrected chi connectivity index (χ4v) is 4.57. The van der Waals surface area contributed by atoms with Gasteiger partial charge in [0.15, 0.2) is 11.5 Å². The van der Waals surface area contributed by atoms with Gasteiger partial charge in [-0.15, -0.1) is 0 Å². The molecule has 1 unspecified atom stereocenters. The zero-order valence-electron chi connectivity index (χ0n) is 19.2. The summed E-state index contributed by atoms with van der Waals surface area (Å²) in [5, 5.41) is 0. The van der Waals surface area contributed by atoms with E-state index in [2.05, 4.69) is 21.9 Å². The van der Waals surface area contributed by atoms with Gasteiger partial charge in [0.1, 0.15) is 11.9 Å². The molecule has 174 valence electrons. The molecule has 1 aromatic carbocycles. The van der Waals surface area contributed by atoms with E-state index in [4.69, 9.17) is 15.0 Å². The first kappa shape index (κ1) is 24.4. The minimum absolute atomic E-state index is 0.0204. The number of aromatic nitrogens is 2. The van der Waals surface area contributed by atoms with Crippen LogP contribution in [0.1, 0.15) is 58.9 Å². The lowest BCUT2D eigenvalue weighted by atomic mass is 9.89. The van der Waals surface area contributed by atoms with E-state index in [0.717, 1.165) is 42.9 Å². The SMILES string of the molecule is CC1(C)Oc2ncnc(N)c2N=C1c1ccccc1.CCP(=O)(O)OC1CCC(C)CC1. The van der Waals surface area contributed by atoms with Crippen molar-refractivity contribution in [2.45, 2.75) is 65.1 Å². The van der Waals surface area contributed by atoms with Crippen molar-refractivity contribution in [2.75, 3.05) is 11.9 Å². The zero-order chi connectivity index (χ0) is 23.4. The van der Waals surface area contributed by atoms with Crippen LogP contribution >= 0.6 is 7.60 Å². The Morgan fingerprint density at radius 3 is 2.47 bits per heavy atom. The van der Waals surface area contributed by atoms with Crippen molar-refractivity contribution in [3.63, 3.8) is 0 Å². The van der Waals surface area contributed by atoms with E-state index in [9.17, 15) is 9.46 Å². The van der Waals surface area contributed by atoms with E-state index >= 15 is 0 Å². The van der Waals surface area contributed by atoms with E-state index < -0.39 is 13.2 Å². The Labute approximate surface area is 189 Å². The van der Waals surface area contributed by atoms with Gasteiger partial charge in [0, 0.05) is 11.7 Å². The number of nitrogen functional groups attached to an aromatic ring is 1. The van der Waals surface area contributed by atoms with Crippen LogP contribution in [-0.4, -0.2) is 38.4 Å². The summed E-state index contributed by atoms with van der Waals surface area (Å²) in [6.07, 6.45) is 5.74. The molecule has 1 atom stereocenters. The van der Waals surface area contributed by atoms with Gasteiger partial charge in [-0.2, -0.15) is 4.98 Å². The highest BCUT2D eigenvalue weighted by atomic mass is 31.2. The molecule has 0 saturated heterocycles. The summed E-state index contributed by atoms with van der Waals surface area (Å²) in [5.41, 5.74) is 7.59. The van der Waals surface area contributed by atoms with Gasteiger partial charge < -0.3 is 19.9 Å². The average molecular weight is 461 g/mol.